The number of hydrogen-bond donors (Lipinski definition) is 1. The van der Waals surface area contributed by atoms with E-state index in [4.69, 9.17) is 0 Å². The van der Waals surface area contributed by atoms with Gasteiger partial charge in [0.25, 0.3) is 0 Å². The van der Waals surface area contributed by atoms with Crippen LogP contribution in [0.2, 0.25) is 0 Å². The predicted octanol–water partition coefficient (Wildman–Crippen LogP) is 3.78. The van der Waals surface area contributed by atoms with Crippen LogP contribution in [0.3, 0.4) is 0 Å². The smallest absolute Gasteiger partial charge is 0.230 e. The lowest BCUT2D eigenvalue weighted by Gasteiger charge is -2.32. The van der Waals surface area contributed by atoms with Gasteiger partial charge in [0.2, 0.25) is 5.91 Å². The maximum atomic E-state index is 12.9. The molecule has 0 bridgehead atoms. The molecule has 2 fully saturated rings. The number of benzene rings is 1. The first kappa shape index (κ1) is 20.3. The molecule has 4 nitrogen and oxygen atoms in total. The summed E-state index contributed by atoms with van der Waals surface area (Å²) in [6.45, 7) is 10.9. The highest BCUT2D eigenvalue weighted by Gasteiger charge is 2.28. The monoisotopic (exact) mass is 370 g/mol. The number of piperazine rings is 1. The zero-order valence-corrected chi connectivity index (χ0v) is 17.5. The number of hydrogen-bond acceptors (Lipinski definition) is 3. The number of rotatable bonds is 5. The van der Waals surface area contributed by atoms with E-state index >= 15 is 0 Å². The zero-order chi connectivity index (χ0) is 19.4. The van der Waals surface area contributed by atoms with Crippen LogP contribution in [-0.2, 0) is 11.3 Å². The quantitative estimate of drug-likeness (QED) is 0.857. The number of carbonyl (C=O) groups is 1. The largest absolute Gasteiger partial charge is 0.315 e. The summed E-state index contributed by atoms with van der Waals surface area (Å²) in [5, 5.41) is 3.50. The number of amides is 1. The van der Waals surface area contributed by atoms with E-state index in [0.29, 0.717) is 6.04 Å². The molecule has 1 amide bonds. The van der Waals surface area contributed by atoms with Crippen molar-refractivity contribution in [1.82, 2.24) is 10.2 Å². The second kappa shape index (κ2) is 9.20. The van der Waals surface area contributed by atoms with Gasteiger partial charge in [0.05, 0.1) is 0 Å². The van der Waals surface area contributed by atoms with E-state index in [-0.39, 0.29) is 11.8 Å². The van der Waals surface area contributed by atoms with Gasteiger partial charge in [-0.05, 0) is 68.7 Å². The number of carbonyl (C=O) groups excluding carboxylic acids is 1. The summed E-state index contributed by atoms with van der Waals surface area (Å²) >= 11 is 0. The van der Waals surface area contributed by atoms with E-state index in [1.807, 2.05) is 11.9 Å². The van der Waals surface area contributed by atoms with Crippen molar-refractivity contribution in [3.63, 3.8) is 0 Å². The average Bonchev–Trinajstić information content (AvgIpc) is 2.68. The highest BCUT2D eigenvalue weighted by Crippen LogP contribution is 2.32. The first-order valence-electron chi connectivity index (χ1n) is 10.6. The molecule has 3 rings (SSSR count). The van der Waals surface area contributed by atoms with Gasteiger partial charge in [0, 0.05) is 50.9 Å². The molecule has 1 aliphatic carbocycles. The van der Waals surface area contributed by atoms with Crippen LogP contribution in [0.5, 0.6) is 0 Å². The molecule has 1 saturated heterocycles. The first-order chi connectivity index (χ1) is 13.0. The van der Waals surface area contributed by atoms with E-state index in [0.717, 1.165) is 50.6 Å². The molecule has 1 saturated carbocycles. The molecule has 1 heterocycles. The molecule has 0 aromatic heterocycles. The minimum absolute atomic E-state index is 0.0834. The topological polar surface area (TPSA) is 35.6 Å². The third-order valence-corrected chi connectivity index (χ3v) is 6.43. The number of anilines is 1. The fourth-order valence-corrected chi connectivity index (χ4v) is 4.44. The van der Waals surface area contributed by atoms with Crippen molar-refractivity contribution in [1.29, 1.82) is 0 Å². The summed E-state index contributed by atoms with van der Waals surface area (Å²) in [4.78, 5) is 17.3. The molecule has 1 radical (unpaired) electrons. The van der Waals surface area contributed by atoms with Gasteiger partial charge in [-0.3, -0.25) is 9.69 Å². The molecule has 2 unspecified atom stereocenters. The Morgan fingerprint density at radius 1 is 1.33 bits per heavy atom. The summed E-state index contributed by atoms with van der Waals surface area (Å²) in [7, 11) is 1.93. The average molecular weight is 371 g/mol. The molecule has 1 aliphatic heterocycles. The lowest BCUT2D eigenvalue weighted by atomic mass is 9.80. The maximum Gasteiger partial charge on any atom is 0.230 e. The normalized spacial score (nSPS) is 26.7. The van der Waals surface area contributed by atoms with Crippen molar-refractivity contribution in [3.8, 4) is 0 Å². The van der Waals surface area contributed by atoms with Crippen molar-refractivity contribution in [2.75, 3.05) is 31.6 Å². The molecule has 4 heteroatoms. The fourth-order valence-electron chi connectivity index (χ4n) is 4.44. The maximum absolute atomic E-state index is 12.9. The lowest BCUT2D eigenvalue weighted by molar-refractivity contribution is -0.121. The van der Waals surface area contributed by atoms with E-state index in [9.17, 15) is 4.79 Å². The van der Waals surface area contributed by atoms with E-state index in [2.05, 4.69) is 55.6 Å². The van der Waals surface area contributed by atoms with Crippen LogP contribution >= 0.6 is 0 Å². The summed E-state index contributed by atoms with van der Waals surface area (Å²) in [6, 6.07) is 7.06. The molecule has 27 heavy (non-hydrogen) atoms. The standard InChI is InChI=1S/C23H36N3O/c1-5-19-6-8-20(9-7-19)23(27)25(4)22-11-10-21(17(2)14-22)16-26-13-12-24-18(3)15-26/h8,10-11,14,18-20,24H,5-7,9,12-13,15-16H2,1-4H3/t18-,19?,20?/m0/s1. The third-order valence-electron chi connectivity index (χ3n) is 6.43. The van der Waals surface area contributed by atoms with Gasteiger partial charge in [0.1, 0.15) is 0 Å². The molecule has 1 N–H and O–H groups in total. The highest BCUT2D eigenvalue weighted by atomic mass is 16.2. The fraction of sp³-hybridized carbons (Fsp3) is 0.652. The Bertz CT molecular complexity index is 637. The molecular weight excluding hydrogens is 334 g/mol. The van der Waals surface area contributed by atoms with Gasteiger partial charge >= 0.3 is 0 Å². The SMILES string of the molecule is CCC1C[CH]C(C(=O)N(C)c2ccc(CN3CCN[C@@H](C)C3)c(C)c2)CC1. The van der Waals surface area contributed by atoms with Gasteiger partial charge in [-0.1, -0.05) is 19.4 Å². The third kappa shape index (κ3) is 5.11. The van der Waals surface area contributed by atoms with Crippen molar-refractivity contribution in [3.05, 3.63) is 35.7 Å². The molecule has 0 spiro atoms. The Morgan fingerprint density at radius 2 is 2.15 bits per heavy atom. The summed E-state index contributed by atoms with van der Waals surface area (Å²) in [5.74, 6) is 1.10. The Labute approximate surface area is 165 Å². The minimum atomic E-state index is 0.0834. The van der Waals surface area contributed by atoms with Crippen LogP contribution in [0, 0.1) is 25.2 Å². The Hall–Kier alpha value is -1.39. The van der Waals surface area contributed by atoms with Crippen LogP contribution < -0.4 is 10.2 Å². The molecule has 3 atom stereocenters. The Morgan fingerprint density at radius 3 is 2.78 bits per heavy atom. The highest BCUT2D eigenvalue weighted by molar-refractivity contribution is 5.95. The van der Waals surface area contributed by atoms with E-state index < -0.39 is 0 Å². The predicted molar refractivity (Wildman–Crippen MR) is 113 cm³/mol. The van der Waals surface area contributed by atoms with Gasteiger partial charge in [-0.2, -0.15) is 0 Å². The van der Waals surface area contributed by atoms with Gasteiger partial charge in [0.15, 0.2) is 0 Å². The first-order valence-corrected chi connectivity index (χ1v) is 10.6. The van der Waals surface area contributed by atoms with E-state index in [1.165, 1.54) is 24.0 Å². The molecule has 1 aromatic rings. The Kier molecular flexibility index (Phi) is 6.93. The van der Waals surface area contributed by atoms with Crippen molar-refractivity contribution in [2.45, 2.75) is 59.0 Å². The lowest BCUT2D eigenvalue weighted by Crippen LogP contribution is -2.48. The van der Waals surface area contributed by atoms with Crippen molar-refractivity contribution < 1.29 is 4.79 Å². The van der Waals surface area contributed by atoms with E-state index in [1.54, 1.807) is 0 Å². The number of nitrogens with zero attached hydrogens (tertiary/aromatic N) is 2. The van der Waals surface area contributed by atoms with Gasteiger partial charge in [-0.25, -0.2) is 0 Å². The summed E-state index contributed by atoms with van der Waals surface area (Å²) < 4.78 is 0. The Balaban J connectivity index is 1.61. The van der Waals surface area contributed by atoms with Gasteiger partial charge < -0.3 is 10.2 Å². The zero-order valence-electron chi connectivity index (χ0n) is 17.5. The van der Waals surface area contributed by atoms with Crippen LogP contribution in [0.15, 0.2) is 18.2 Å². The molecule has 1 aromatic carbocycles. The minimum Gasteiger partial charge on any atom is -0.315 e. The molecule has 2 aliphatic rings. The van der Waals surface area contributed by atoms with Crippen molar-refractivity contribution >= 4 is 11.6 Å². The van der Waals surface area contributed by atoms with Crippen LogP contribution in [0.1, 0.15) is 50.7 Å². The van der Waals surface area contributed by atoms with Crippen LogP contribution in [0.25, 0.3) is 0 Å². The second-order valence-corrected chi connectivity index (χ2v) is 8.53. The number of aryl methyl sites for hydroxylation is 1. The molecular formula is C23H36N3O. The molecule has 149 valence electrons. The summed E-state index contributed by atoms with van der Waals surface area (Å²) in [6.07, 6.45) is 6.74. The van der Waals surface area contributed by atoms with Crippen LogP contribution in [-0.4, -0.2) is 43.5 Å². The van der Waals surface area contributed by atoms with Crippen LogP contribution in [0.4, 0.5) is 5.69 Å². The number of nitrogens with one attached hydrogen (secondary N) is 1. The van der Waals surface area contributed by atoms with Gasteiger partial charge in [-0.15, -0.1) is 0 Å². The second-order valence-electron chi connectivity index (χ2n) is 8.53. The summed E-state index contributed by atoms with van der Waals surface area (Å²) in [5.41, 5.74) is 3.65. The van der Waals surface area contributed by atoms with Crippen molar-refractivity contribution in [2.24, 2.45) is 11.8 Å².